The van der Waals surface area contributed by atoms with Crippen molar-refractivity contribution in [3.05, 3.63) is 33.3 Å². The number of aryl methyl sites for hydroxylation is 1. The van der Waals surface area contributed by atoms with Crippen LogP contribution < -0.4 is 0 Å². The molecule has 7 heteroatoms. The van der Waals surface area contributed by atoms with Crippen LogP contribution in [0.1, 0.15) is 84.3 Å². The summed E-state index contributed by atoms with van der Waals surface area (Å²) in [6, 6.07) is 0. The molecule has 0 saturated heterocycles. The third-order valence-corrected chi connectivity index (χ3v) is 7.79. The Labute approximate surface area is 209 Å². The number of Topliss-reactive ketones (excluding diaryl/α,β-unsaturated/α-hetero) is 1. The zero-order valence-corrected chi connectivity index (χ0v) is 22.4. The lowest BCUT2D eigenvalue weighted by Gasteiger charge is -2.34. The van der Waals surface area contributed by atoms with Crippen molar-refractivity contribution < 1.29 is 24.5 Å². The first-order valence-corrected chi connectivity index (χ1v) is 13.0. The van der Waals surface area contributed by atoms with Gasteiger partial charge < -0.3 is 15.0 Å². The molecule has 1 aromatic heterocycles. The lowest BCUT2D eigenvalue weighted by atomic mass is 9.73. The van der Waals surface area contributed by atoms with Gasteiger partial charge >= 0.3 is 5.97 Å². The van der Waals surface area contributed by atoms with Gasteiger partial charge in [0.05, 0.1) is 34.7 Å². The van der Waals surface area contributed by atoms with E-state index in [1.165, 1.54) is 5.57 Å². The number of nitrogens with zero attached hydrogens (tertiary/aromatic N) is 1. The molecule has 1 aliphatic rings. The van der Waals surface area contributed by atoms with Crippen LogP contribution in [-0.4, -0.2) is 46.7 Å². The standard InChI is InChI=1S/C27H41NO5S/c1-16-9-8-10-17(2)25(31)19(4)26(32)27(6,7)23(29)14-24(30)33-22(12-11-16)18(3)13-21-15-34-20(5)28-21/h11,13,15,17,19,22-23,25,29,31H,8-10,12,14H2,1-7H3/b16-11-,18-13+/t17-,19-,22?,23+,25+/m1/s1/i31T. The lowest BCUT2D eigenvalue weighted by Crippen LogP contribution is -2.45. The maximum atomic E-state index is 13.3. The van der Waals surface area contributed by atoms with Crippen molar-refractivity contribution in [3.63, 3.8) is 0 Å². The Morgan fingerprint density at radius 3 is 2.65 bits per heavy atom. The summed E-state index contributed by atoms with van der Waals surface area (Å²) in [5.74, 6) is -1.37. The van der Waals surface area contributed by atoms with E-state index in [0.29, 0.717) is 6.42 Å². The van der Waals surface area contributed by atoms with E-state index in [2.05, 4.69) is 18.0 Å². The Morgan fingerprint density at radius 2 is 2.03 bits per heavy atom. The number of rotatable bonds is 3. The van der Waals surface area contributed by atoms with Crippen LogP contribution in [0, 0.1) is 24.2 Å². The van der Waals surface area contributed by atoms with Gasteiger partial charge in [-0.1, -0.05) is 39.3 Å². The fourth-order valence-corrected chi connectivity index (χ4v) is 4.96. The van der Waals surface area contributed by atoms with E-state index < -0.39 is 35.6 Å². The monoisotopic (exact) mass is 493 g/mol. The molecule has 1 unspecified atom stereocenters. The number of carbonyl (C=O) groups is 2. The molecule has 0 aromatic carbocycles. The van der Waals surface area contributed by atoms with Gasteiger partial charge in [0.1, 0.15) is 11.9 Å². The highest BCUT2D eigenvalue weighted by atomic mass is 32.1. The minimum absolute atomic E-state index is 0.00422. The van der Waals surface area contributed by atoms with Gasteiger partial charge in [-0.05, 0) is 57.6 Å². The minimum atomic E-state index is -1.22. The van der Waals surface area contributed by atoms with Gasteiger partial charge in [0.2, 0.25) is 1.43 Å². The Kier molecular flexibility index (Phi) is 9.63. The third kappa shape index (κ3) is 7.59. The molecule has 0 spiro atoms. The molecular formula is C27H41NO5S. The van der Waals surface area contributed by atoms with Crippen LogP contribution >= 0.6 is 11.3 Å². The number of ketones is 1. The van der Waals surface area contributed by atoms with Crippen molar-refractivity contribution in [3.8, 4) is 0 Å². The maximum absolute atomic E-state index is 13.3. The first-order valence-electron chi connectivity index (χ1n) is 12.6. The smallest absolute Gasteiger partial charge is 0.309 e. The molecule has 0 saturated carbocycles. The molecule has 0 fully saturated rings. The fraction of sp³-hybridized carbons (Fsp3) is 0.667. The van der Waals surface area contributed by atoms with Crippen LogP contribution in [0.15, 0.2) is 22.6 Å². The van der Waals surface area contributed by atoms with E-state index in [1.54, 1.807) is 32.1 Å². The van der Waals surface area contributed by atoms with Crippen LogP contribution in [0.2, 0.25) is 0 Å². The molecule has 2 N–H and O–H groups in total. The second-order valence-electron chi connectivity index (χ2n) is 10.4. The first kappa shape index (κ1) is 26.8. The molecule has 1 aliphatic heterocycles. The average Bonchev–Trinajstić information content (AvgIpc) is 3.19. The molecule has 6 nitrogen and oxygen atoms in total. The number of hydrogen-bond acceptors (Lipinski definition) is 7. The first-order chi connectivity index (χ1) is 16.4. The minimum Gasteiger partial charge on any atom is -0.457 e. The predicted octanol–water partition coefficient (Wildman–Crippen LogP) is 5.27. The number of cyclic esters (lactones) is 1. The van der Waals surface area contributed by atoms with Crippen molar-refractivity contribution in [2.45, 2.75) is 98.9 Å². The van der Waals surface area contributed by atoms with Gasteiger partial charge in [0.25, 0.3) is 0 Å². The summed E-state index contributed by atoms with van der Waals surface area (Å²) < 4.78 is 13.4. The Balaban J connectivity index is 2.35. The van der Waals surface area contributed by atoms with Gasteiger partial charge in [0, 0.05) is 17.7 Å². The number of aliphatic hydroxyl groups excluding tert-OH is 2. The highest BCUT2D eigenvalue weighted by Gasteiger charge is 2.42. The molecule has 2 heterocycles. The van der Waals surface area contributed by atoms with E-state index in [-0.39, 0.29) is 18.1 Å². The number of aromatic nitrogens is 1. The van der Waals surface area contributed by atoms with E-state index in [1.807, 2.05) is 32.2 Å². The third-order valence-electron chi connectivity index (χ3n) is 7.00. The van der Waals surface area contributed by atoms with Gasteiger partial charge in [0.15, 0.2) is 0 Å². The molecule has 0 amide bonds. The number of esters is 1. The predicted molar refractivity (Wildman–Crippen MR) is 136 cm³/mol. The number of aliphatic hydroxyl groups is 2. The van der Waals surface area contributed by atoms with Gasteiger partial charge in [-0.3, -0.25) is 9.59 Å². The summed E-state index contributed by atoms with van der Waals surface area (Å²) in [4.78, 5) is 30.7. The van der Waals surface area contributed by atoms with E-state index in [0.717, 1.165) is 35.5 Å². The fourth-order valence-electron chi connectivity index (χ4n) is 4.39. The van der Waals surface area contributed by atoms with E-state index in [4.69, 9.17) is 11.3 Å². The molecule has 190 valence electrons. The van der Waals surface area contributed by atoms with E-state index in [9.17, 15) is 14.7 Å². The summed E-state index contributed by atoms with van der Waals surface area (Å²) in [5, 5.41) is 18.8. The van der Waals surface area contributed by atoms with Crippen LogP contribution in [0.3, 0.4) is 0 Å². The average molecular weight is 494 g/mol. The summed E-state index contributed by atoms with van der Waals surface area (Å²) in [6.45, 7) is 12.9. The molecule has 34 heavy (non-hydrogen) atoms. The van der Waals surface area contributed by atoms with E-state index >= 15 is 0 Å². The zero-order chi connectivity index (χ0) is 26.3. The van der Waals surface area contributed by atoms with Crippen LogP contribution in [0.5, 0.6) is 0 Å². The van der Waals surface area contributed by atoms with Crippen molar-refractivity contribution in [2.24, 2.45) is 17.3 Å². The van der Waals surface area contributed by atoms with Gasteiger partial charge in [-0.15, -0.1) is 11.3 Å². The lowest BCUT2D eigenvalue weighted by molar-refractivity contribution is -0.154. The molecule has 2 rings (SSSR count). The molecule has 0 bridgehead atoms. The van der Waals surface area contributed by atoms with Crippen molar-refractivity contribution in [1.29, 1.82) is 1.43 Å². The van der Waals surface area contributed by atoms with Gasteiger partial charge in [-0.2, -0.15) is 0 Å². The largest absolute Gasteiger partial charge is 0.457 e. The number of ether oxygens (including phenoxy) is 1. The van der Waals surface area contributed by atoms with Gasteiger partial charge in [-0.25, -0.2) is 4.98 Å². The molecule has 0 radical (unpaired) electrons. The summed E-state index contributed by atoms with van der Waals surface area (Å²) in [7, 11) is 0. The molecule has 1 aromatic rings. The zero-order valence-electron chi connectivity index (χ0n) is 22.6. The molecule has 0 aliphatic carbocycles. The topological polar surface area (TPSA) is 96.7 Å². The second kappa shape index (κ2) is 12.2. The second-order valence-corrected chi connectivity index (χ2v) is 11.4. The maximum Gasteiger partial charge on any atom is 0.309 e. The quantitative estimate of drug-likeness (QED) is 0.440. The highest BCUT2D eigenvalue weighted by molar-refractivity contribution is 7.09. The van der Waals surface area contributed by atoms with Crippen molar-refractivity contribution in [1.82, 2.24) is 4.98 Å². The summed E-state index contributed by atoms with van der Waals surface area (Å²) in [5.41, 5.74) is 1.70. The van der Waals surface area contributed by atoms with Crippen LogP contribution in [0.4, 0.5) is 0 Å². The number of hydrogen-bond donors (Lipinski definition) is 2. The highest BCUT2D eigenvalue weighted by Crippen LogP contribution is 2.32. The van der Waals surface area contributed by atoms with Crippen molar-refractivity contribution >= 4 is 29.2 Å². The molecule has 5 atom stereocenters. The number of thiazole rings is 1. The Bertz CT molecular complexity index is 938. The summed E-state index contributed by atoms with van der Waals surface area (Å²) in [6.07, 6.45) is 4.55. The van der Waals surface area contributed by atoms with Crippen LogP contribution in [0.25, 0.3) is 6.08 Å². The van der Waals surface area contributed by atoms with Crippen molar-refractivity contribution in [2.75, 3.05) is 0 Å². The van der Waals surface area contributed by atoms with Crippen LogP contribution in [-0.2, 0) is 14.3 Å². The normalized spacial score (nSPS) is 32.5. The number of allylic oxidation sites excluding steroid dienone is 1. The molecular weight excluding hydrogens is 450 g/mol. The Morgan fingerprint density at radius 1 is 1.32 bits per heavy atom. The number of carbonyl (C=O) groups excluding carboxylic acids is 2. The Hall–Kier alpha value is -1.83. The summed E-state index contributed by atoms with van der Waals surface area (Å²) >= 11 is 1.56. The SMILES string of the molecule is [3H]O[C@H]1[C@H](C)CCC/C(C)=C\CC(/C(C)=C/c2csc(C)n2)OC(=O)C[C@H](O)C(C)(C)C(=O)[C@@H]1C.